The van der Waals surface area contributed by atoms with Crippen LogP contribution in [0.25, 0.3) is 10.4 Å². The van der Waals surface area contributed by atoms with Crippen LogP contribution in [-0.2, 0) is 14.3 Å². The number of rotatable bonds is 7. The van der Waals surface area contributed by atoms with E-state index in [4.69, 9.17) is 16.3 Å². The van der Waals surface area contributed by atoms with E-state index < -0.39 is 18.5 Å². The van der Waals surface area contributed by atoms with Gasteiger partial charge in [-0.1, -0.05) is 23.7 Å². The lowest BCUT2D eigenvalue weighted by Gasteiger charge is -2.09. The van der Waals surface area contributed by atoms with Gasteiger partial charge in [-0.25, -0.2) is 4.79 Å². The molecule has 1 aromatic carbocycles. The molecule has 0 aliphatic rings. The Labute approximate surface area is 160 Å². The van der Waals surface area contributed by atoms with Crippen molar-refractivity contribution in [3.63, 3.8) is 0 Å². The van der Waals surface area contributed by atoms with Crippen molar-refractivity contribution in [2.45, 2.75) is 19.9 Å². The minimum absolute atomic E-state index is 0.00843. The topological polar surface area (TPSA) is 84.5 Å². The molecule has 0 aliphatic carbocycles. The van der Waals surface area contributed by atoms with Crippen molar-refractivity contribution in [3.05, 3.63) is 46.3 Å². The quantitative estimate of drug-likeness (QED) is 0.707. The van der Waals surface area contributed by atoms with E-state index in [1.165, 1.54) is 11.3 Å². The average molecular weight is 395 g/mol. The highest BCUT2D eigenvalue weighted by Gasteiger charge is 2.14. The lowest BCUT2D eigenvalue weighted by Crippen LogP contribution is -2.41. The molecule has 0 fully saturated rings. The van der Waals surface area contributed by atoms with Gasteiger partial charge >= 0.3 is 5.97 Å². The third kappa shape index (κ3) is 6.16. The van der Waals surface area contributed by atoms with E-state index in [1.54, 1.807) is 24.3 Å². The Morgan fingerprint density at radius 3 is 2.42 bits per heavy atom. The summed E-state index contributed by atoms with van der Waals surface area (Å²) in [5.41, 5.74) is 0.937. The predicted molar refractivity (Wildman–Crippen MR) is 101 cm³/mol. The number of nitrogens with one attached hydrogen (secondary N) is 2. The fourth-order valence-electron chi connectivity index (χ4n) is 2.02. The Balaban J connectivity index is 1.82. The zero-order valence-corrected chi connectivity index (χ0v) is 15.9. The summed E-state index contributed by atoms with van der Waals surface area (Å²) in [5, 5.41) is 5.67. The first-order valence-electron chi connectivity index (χ1n) is 7.94. The molecule has 2 rings (SSSR count). The highest BCUT2D eigenvalue weighted by atomic mass is 35.5. The molecule has 138 valence electrons. The van der Waals surface area contributed by atoms with E-state index in [-0.39, 0.29) is 18.5 Å². The number of benzene rings is 1. The van der Waals surface area contributed by atoms with Crippen LogP contribution in [0.15, 0.2) is 36.4 Å². The first-order valence-corrected chi connectivity index (χ1v) is 9.13. The zero-order valence-electron chi connectivity index (χ0n) is 14.4. The standard InChI is InChI=1S/C18H19ClN2O4S/c1-11(2)21-16(22)9-20-17(23)10-25-18(24)15-8-7-14(26-15)12-3-5-13(19)6-4-12/h3-8,11H,9-10H2,1-2H3,(H,20,23)(H,21,22). The van der Waals surface area contributed by atoms with E-state index >= 15 is 0 Å². The van der Waals surface area contributed by atoms with E-state index in [2.05, 4.69) is 10.6 Å². The average Bonchev–Trinajstić information content (AvgIpc) is 3.08. The first-order chi connectivity index (χ1) is 12.3. The molecular formula is C18H19ClN2O4S. The lowest BCUT2D eigenvalue weighted by molar-refractivity contribution is -0.128. The molecule has 0 saturated heterocycles. The van der Waals surface area contributed by atoms with Crippen LogP contribution < -0.4 is 10.6 Å². The number of hydrogen-bond acceptors (Lipinski definition) is 5. The van der Waals surface area contributed by atoms with Crippen LogP contribution in [0.2, 0.25) is 5.02 Å². The second kappa shape index (κ2) is 9.35. The van der Waals surface area contributed by atoms with Crippen LogP contribution in [-0.4, -0.2) is 37.0 Å². The maximum Gasteiger partial charge on any atom is 0.348 e. The summed E-state index contributed by atoms with van der Waals surface area (Å²) in [7, 11) is 0. The van der Waals surface area contributed by atoms with Gasteiger partial charge in [0, 0.05) is 15.9 Å². The molecule has 0 aliphatic heterocycles. The number of esters is 1. The van der Waals surface area contributed by atoms with Crippen LogP contribution in [0, 0.1) is 0 Å². The number of halogens is 1. The SMILES string of the molecule is CC(C)NC(=O)CNC(=O)COC(=O)c1ccc(-c2ccc(Cl)cc2)s1. The van der Waals surface area contributed by atoms with Crippen LogP contribution in [0.1, 0.15) is 23.5 Å². The van der Waals surface area contributed by atoms with Crippen molar-refractivity contribution in [2.75, 3.05) is 13.2 Å². The summed E-state index contributed by atoms with van der Waals surface area (Å²) in [5.74, 6) is -1.42. The molecule has 2 N–H and O–H groups in total. The number of amides is 2. The third-order valence-electron chi connectivity index (χ3n) is 3.17. The molecule has 0 saturated carbocycles. The zero-order chi connectivity index (χ0) is 19.1. The van der Waals surface area contributed by atoms with Crippen molar-refractivity contribution < 1.29 is 19.1 Å². The molecule has 26 heavy (non-hydrogen) atoms. The second-order valence-electron chi connectivity index (χ2n) is 5.75. The van der Waals surface area contributed by atoms with Crippen molar-refractivity contribution in [2.24, 2.45) is 0 Å². The first kappa shape index (κ1) is 19.9. The molecule has 0 bridgehead atoms. The highest BCUT2D eigenvalue weighted by molar-refractivity contribution is 7.17. The van der Waals surface area contributed by atoms with Crippen LogP contribution in [0.3, 0.4) is 0 Å². The van der Waals surface area contributed by atoms with Crippen molar-refractivity contribution in [3.8, 4) is 10.4 Å². The van der Waals surface area contributed by atoms with Crippen LogP contribution in [0.4, 0.5) is 0 Å². The predicted octanol–water partition coefficient (Wildman–Crippen LogP) is 2.87. The maximum absolute atomic E-state index is 12.0. The summed E-state index contributed by atoms with van der Waals surface area (Å²) in [4.78, 5) is 36.4. The van der Waals surface area contributed by atoms with Gasteiger partial charge < -0.3 is 15.4 Å². The van der Waals surface area contributed by atoms with E-state index in [0.29, 0.717) is 9.90 Å². The third-order valence-corrected chi connectivity index (χ3v) is 4.53. The number of carbonyl (C=O) groups is 3. The second-order valence-corrected chi connectivity index (χ2v) is 7.27. The van der Waals surface area contributed by atoms with E-state index in [1.807, 2.05) is 26.0 Å². The van der Waals surface area contributed by atoms with Gasteiger partial charge in [0.05, 0.1) is 6.54 Å². The van der Waals surface area contributed by atoms with Gasteiger partial charge in [0.25, 0.3) is 5.91 Å². The molecule has 2 aromatic rings. The lowest BCUT2D eigenvalue weighted by atomic mass is 10.2. The monoisotopic (exact) mass is 394 g/mol. The number of carbonyl (C=O) groups excluding carboxylic acids is 3. The van der Waals surface area contributed by atoms with Gasteiger partial charge in [-0.05, 0) is 43.7 Å². The Morgan fingerprint density at radius 2 is 1.77 bits per heavy atom. The van der Waals surface area contributed by atoms with Crippen LogP contribution >= 0.6 is 22.9 Å². The summed E-state index contributed by atoms with van der Waals surface area (Å²) in [6, 6.07) is 10.7. The van der Waals surface area contributed by atoms with Gasteiger partial charge in [-0.2, -0.15) is 0 Å². The Morgan fingerprint density at radius 1 is 1.08 bits per heavy atom. The highest BCUT2D eigenvalue weighted by Crippen LogP contribution is 2.29. The Hall–Kier alpha value is -2.38. The molecule has 2 amide bonds. The normalized spacial score (nSPS) is 10.5. The fraction of sp³-hybridized carbons (Fsp3) is 0.278. The summed E-state index contributed by atoms with van der Waals surface area (Å²) >= 11 is 7.13. The number of ether oxygens (including phenoxy) is 1. The molecular weight excluding hydrogens is 376 g/mol. The minimum atomic E-state index is -0.586. The Kier molecular flexibility index (Phi) is 7.17. The van der Waals surface area contributed by atoms with Gasteiger partial charge in [-0.15, -0.1) is 11.3 Å². The fourth-order valence-corrected chi connectivity index (χ4v) is 3.05. The molecule has 8 heteroatoms. The van der Waals surface area contributed by atoms with Gasteiger partial charge in [-0.3, -0.25) is 9.59 Å². The summed E-state index contributed by atoms with van der Waals surface area (Å²) in [6.45, 7) is 3.04. The molecule has 1 heterocycles. The summed E-state index contributed by atoms with van der Waals surface area (Å²) < 4.78 is 4.98. The van der Waals surface area contributed by atoms with E-state index in [0.717, 1.165) is 10.4 Å². The van der Waals surface area contributed by atoms with E-state index in [9.17, 15) is 14.4 Å². The molecule has 0 radical (unpaired) electrons. The van der Waals surface area contributed by atoms with Crippen molar-refractivity contribution in [1.82, 2.24) is 10.6 Å². The van der Waals surface area contributed by atoms with Gasteiger partial charge in [0.1, 0.15) is 4.88 Å². The molecule has 1 aromatic heterocycles. The molecule has 0 atom stereocenters. The summed E-state index contributed by atoms with van der Waals surface area (Å²) in [6.07, 6.45) is 0. The minimum Gasteiger partial charge on any atom is -0.451 e. The maximum atomic E-state index is 12.0. The smallest absolute Gasteiger partial charge is 0.348 e. The van der Waals surface area contributed by atoms with Crippen molar-refractivity contribution >= 4 is 40.7 Å². The number of hydrogen-bond donors (Lipinski definition) is 2. The van der Waals surface area contributed by atoms with Gasteiger partial charge in [0.15, 0.2) is 6.61 Å². The van der Waals surface area contributed by atoms with Crippen LogP contribution in [0.5, 0.6) is 0 Å². The molecule has 6 nitrogen and oxygen atoms in total. The van der Waals surface area contributed by atoms with Gasteiger partial charge in [0.2, 0.25) is 5.91 Å². The molecule has 0 spiro atoms. The molecule has 0 unspecified atom stereocenters. The number of thiophene rings is 1. The largest absolute Gasteiger partial charge is 0.451 e. The van der Waals surface area contributed by atoms with Crippen molar-refractivity contribution in [1.29, 1.82) is 0 Å². The Bertz CT molecular complexity index is 787.